The van der Waals surface area contributed by atoms with Crippen molar-refractivity contribution < 1.29 is 24.2 Å². The van der Waals surface area contributed by atoms with Crippen LogP contribution in [-0.4, -0.2) is 77.6 Å². The number of amides is 1. The minimum absolute atomic E-state index is 0.0979. The average molecular weight is 494 g/mol. The van der Waals surface area contributed by atoms with Gasteiger partial charge in [-0.1, -0.05) is 31.9 Å². The number of ketones is 1. The summed E-state index contributed by atoms with van der Waals surface area (Å²) in [5.41, 5.74) is 1.29. The number of ether oxygens (including phenoxy) is 2. The lowest BCUT2D eigenvalue weighted by atomic mass is 9.95. The van der Waals surface area contributed by atoms with E-state index in [2.05, 4.69) is 16.8 Å². The molecule has 1 unspecified atom stereocenters. The number of benzene rings is 1. The van der Waals surface area contributed by atoms with Crippen LogP contribution in [0.2, 0.25) is 0 Å². The molecule has 1 aromatic heterocycles. The van der Waals surface area contributed by atoms with E-state index in [0.717, 1.165) is 44.5 Å². The molecule has 2 aliphatic rings. The van der Waals surface area contributed by atoms with E-state index in [9.17, 15) is 14.7 Å². The highest BCUT2D eigenvalue weighted by Crippen LogP contribution is 2.40. The number of rotatable bonds is 11. The lowest BCUT2D eigenvalue weighted by molar-refractivity contribution is -0.140. The third-order valence-corrected chi connectivity index (χ3v) is 6.66. The van der Waals surface area contributed by atoms with Crippen LogP contribution in [0.15, 0.2) is 54.4 Å². The number of likely N-dealkylation sites (tertiary alicyclic amines) is 1. The molecule has 4 rings (SSSR count). The summed E-state index contributed by atoms with van der Waals surface area (Å²) >= 11 is 0. The standard InChI is InChI=1S/C28H35N3O5/c1-2-3-4-17-36-23-8-5-7-22(20-23)25-24(26(32)21-9-11-29-12-10-21)27(33)28(34)31(25)14-6-13-30-15-18-35-19-16-30/h5,7-12,20,25,32H,2-4,6,13-19H2,1H3. The Balaban J connectivity index is 1.62. The molecule has 2 saturated heterocycles. The first-order valence-electron chi connectivity index (χ1n) is 12.8. The number of hydrogen-bond donors (Lipinski definition) is 1. The Morgan fingerprint density at radius 3 is 2.61 bits per heavy atom. The maximum Gasteiger partial charge on any atom is 0.295 e. The van der Waals surface area contributed by atoms with E-state index in [-0.39, 0.29) is 11.3 Å². The van der Waals surface area contributed by atoms with Crippen LogP contribution in [0, 0.1) is 0 Å². The second kappa shape index (κ2) is 12.6. The first-order valence-corrected chi connectivity index (χ1v) is 12.8. The predicted molar refractivity (Wildman–Crippen MR) is 137 cm³/mol. The molecule has 0 bridgehead atoms. The Labute approximate surface area is 212 Å². The van der Waals surface area contributed by atoms with Crippen LogP contribution in [0.1, 0.15) is 49.8 Å². The highest BCUT2D eigenvalue weighted by Gasteiger charge is 2.46. The molecule has 8 nitrogen and oxygen atoms in total. The molecule has 192 valence electrons. The second-order valence-electron chi connectivity index (χ2n) is 9.16. The molecule has 1 atom stereocenters. The molecule has 0 aliphatic carbocycles. The summed E-state index contributed by atoms with van der Waals surface area (Å²) in [5.74, 6) is -0.765. The Kier molecular flexibility index (Phi) is 9.08. The third kappa shape index (κ3) is 6.12. The van der Waals surface area contributed by atoms with Crippen LogP contribution < -0.4 is 4.74 Å². The van der Waals surface area contributed by atoms with Gasteiger partial charge in [0.25, 0.3) is 11.7 Å². The smallest absolute Gasteiger partial charge is 0.295 e. The Morgan fingerprint density at radius 1 is 1.08 bits per heavy atom. The highest BCUT2D eigenvalue weighted by molar-refractivity contribution is 6.46. The molecule has 1 aromatic carbocycles. The first kappa shape index (κ1) is 25.9. The van der Waals surface area contributed by atoms with Gasteiger partial charge in [-0.15, -0.1) is 0 Å². The fraction of sp³-hybridized carbons (Fsp3) is 0.464. The lowest BCUT2D eigenvalue weighted by Gasteiger charge is -2.29. The SMILES string of the molecule is CCCCCOc1cccc(C2C(=C(O)c3ccncc3)C(=O)C(=O)N2CCCN2CCOCC2)c1. The van der Waals surface area contributed by atoms with Gasteiger partial charge in [0.1, 0.15) is 11.5 Å². The molecule has 0 saturated carbocycles. The number of carbonyl (C=O) groups is 2. The summed E-state index contributed by atoms with van der Waals surface area (Å²) in [6.45, 7) is 7.11. The van der Waals surface area contributed by atoms with E-state index in [1.807, 2.05) is 24.3 Å². The van der Waals surface area contributed by atoms with Gasteiger partial charge in [-0.25, -0.2) is 0 Å². The van der Waals surface area contributed by atoms with Crippen molar-refractivity contribution in [3.63, 3.8) is 0 Å². The molecule has 3 heterocycles. The van der Waals surface area contributed by atoms with Crippen molar-refractivity contribution in [3.05, 3.63) is 65.5 Å². The van der Waals surface area contributed by atoms with Crippen LogP contribution in [0.3, 0.4) is 0 Å². The number of Topliss-reactive ketones (excluding diaryl/α,β-unsaturated/α-hetero) is 1. The number of unbranched alkanes of at least 4 members (excludes halogenated alkanes) is 2. The number of hydrogen-bond acceptors (Lipinski definition) is 7. The molecule has 0 spiro atoms. The highest BCUT2D eigenvalue weighted by atomic mass is 16.5. The lowest BCUT2D eigenvalue weighted by Crippen LogP contribution is -2.38. The number of aliphatic hydroxyl groups is 1. The maximum absolute atomic E-state index is 13.2. The number of carbonyl (C=O) groups excluding carboxylic acids is 2. The molecule has 2 aliphatic heterocycles. The minimum atomic E-state index is -0.693. The fourth-order valence-electron chi connectivity index (χ4n) is 4.73. The van der Waals surface area contributed by atoms with Crippen molar-refractivity contribution in [2.45, 2.75) is 38.6 Å². The van der Waals surface area contributed by atoms with E-state index in [1.54, 1.807) is 29.4 Å². The van der Waals surface area contributed by atoms with Gasteiger partial charge in [-0.3, -0.25) is 19.5 Å². The van der Waals surface area contributed by atoms with Gasteiger partial charge in [-0.05, 0) is 42.7 Å². The number of aromatic nitrogens is 1. The van der Waals surface area contributed by atoms with Crippen LogP contribution >= 0.6 is 0 Å². The molecular weight excluding hydrogens is 458 g/mol. The monoisotopic (exact) mass is 493 g/mol. The normalized spacial score (nSPS) is 20.1. The second-order valence-corrected chi connectivity index (χ2v) is 9.16. The average Bonchev–Trinajstić information content (AvgIpc) is 3.17. The maximum atomic E-state index is 13.2. The van der Waals surface area contributed by atoms with Gasteiger partial charge in [-0.2, -0.15) is 0 Å². The quantitative estimate of drug-likeness (QED) is 0.220. The fourth-order valence-corrected chi connectivity index (χ4v) is 4.73. The van der Waals surface area contributed by atoms with Gasteiger partial charge >= 0.3 is 0 Å². The van der Waals surface area contributed by atoms with Crippen molar-refractivity contribution in [1.29, 1.82) is 0 Å². The van der Waals surface area contributed by atoms with Gasteiger partial charge in [0.15, 0.2) is 0 Å². The number of aliphatic hydroxyl groups excluding tert-OH is 1. The van der Waals surface area contributed by atoms with Gasteiger partial charge in [0.2, 0.25) is 0 Å². The zero-order chi connectivity index (χ0) is 25.3. The number of pyridine rings is 1. The van der Waals surface area contributed by atoms with Crippen LogP contribution in [0.5, 0.6) is 5.75 Å². The molecule has 1 amide bonds. The van der Waals surface area contributed by atoms with Crippen LogP contribution in [0.25, 0.3) is 5.76 Å². The molecule has 0 radical (unpaired) electrons. The third-order valence-electron chi connectivity index (χ3n) is 6.66. The van der Waals surface area contributed by atoms with Crippen molar-refractivity contribution >= 4 is 17.4 Å². The zero-order valence-corrected chi connectivity index (χ0v) is 20.9. The van der Waals surface area contributed by atoms with E-state index < -0.39 is 17.7 Å². The summed E-state index contributed by atoms with van der Waals surface area (Å²) in [6, 6.07) is 10.1. The summed E-state index contributed by atoms with van der Waals surface area (Å²) in [6.07, 6.45) is 6.97. The summed E-state index contributed by atoms with van der Waals surface area (Å²) in [4.78, 5) is 34.3. The largest absolute Gasteiger partial charge is 0.507 e. The van der Waals surface area contributed by atoms with Crippen LogP contribution in [0.4, 0.5) is 0 Å². The van der Waals surface area contributed by atoms with Gasteiger partial charge in [0.05, 0.1) is 31.4 Å². The van der Waals surface area contributed by atoms with Gasteiger partial charge in [0, 0.05) is 44.1 Å². The van der Waals surface area contributed by atoms with Crippen molar-refractivity contribution in [2.75, 3.05) is 46.0 Å². The van der Waals surface area contributed by atoms with Crippen LogP contribution in [-0.2, 0) is 14.3 Å². The zero-order valence-electron chi connectivity index (χ0n) is 20.9. The van der Waals surface area contributed by atoms with Crippen molar-refractivity contribution in [2.24, 2.45) is 0 Å². The number of nitrogens with zero attached hydrogens (tertiary/aromatic N) is 3. The Hall–Kier alpha value is -3.23. The summed E-state index contributed by atoms with van der Waals surface area (Å²) in [5, 5.41) is 11.2. The van der Waals surface area contributed by atoms with E-state index in [1.165, 1.54) is 0 Å². The molecular formula is C28H35N3O5. The predicted octanol–water partition coefficient (Wildman–Crippen LogP) is 3.79. The molecule has 2 fully saturated rings. The molecule has 8 heteroatoms. The van der Waals surface area contributed by atoms with E-state index in [4.69, 9.17) is 9.47 Å². The molecule has 1 N–H and O–H groups in total. The minimum Gasteiger partial charge on any atom is -0.507 e. The topological polar surface area (TPSA) is 92.2 Å². The van der Waals surface area contributed by atoms with E-state index >= 15 is 0 Å². The van der Waals surface area contributed by atoms with Gasteiger partial charge < -0.3 is 19.5 Å². The van der Waals surface area contributed by atoms with Crippen molar-refractivity contribution in [3.8, 4) is 5.75 Å². The van der Waals surface area contributed by atoms with E-state index in [0.29, 0.717) is 44.1 Å². The number of morpholine rings is 1. The Morgan fingerprint density at radius 2 is 1.86 bits per heavy atom. The van der Waals surface area contributed by atoms with Crippen molar-refractivity contribution in [1.82, 2.24) is 14.8 Å². The summed E-state index contributed by atoms with van der Waals surface area (Å²) < 4.78 is 11.4. The first-order chi connectivity index (χ1) is 17.6. The molecule has 36 heavy (non-hydrogen) atoms. The Bertz CT molecular complexity index is 1070. The molecule has 2 aromatic rings. The summed E-state index contributed by atoms with van der Waals surface area (Å²) in [7, 11) is 0.